The predicted molar refractivity (Wildman–Crippen MR) is 86.0 cm³/mol. The van der Waals surface area contributed by atoms with Gasteiger partial charge in [-0.25, -0.2) is 4.79 Å². The van der Waals surface area contributed by atoms with Crippen LogP contribution in [0.25, 0.3) is 0 Å². The largest absolute Gasteiger partial charge is 0.505 e. The highest BCUT2D eigenvalue weighted by Gasteiger charge is 2.22. The van der Waals surface area contributed by atoms with Crippen LogP contribution < -0.4 is 0 Å². The van der Waals surface area contributed by atoms with Gasteiger partial charge in [-0.3, -0.25) is 0 Å². The fraction of sp³-hybridized carbons (Fsp3) is 0.933. The van der Waals surface area contributed by atoms with Crippen LogP contribution in [0.2, 0.25) is 0 Å². The van der Waals surface area contributed by atoms with E-state index in [-0.39, 0.29) is 0 Å². The van der Waals surface area contributed by atoms with E-state index in [1.807, 2.05) is 0 Å². The van der Waals surface area contributed by atoms with Crippen LogP contribution in [0, 0.1) is 0 Å². The summed E-state index contributed by atoms with van der Waals surface area (Å²) in [4.78, 5) is 9.15. The molecule has 0 heterocycles. The number of hydrogen-bond donors (Lipinski definition) is 1. The number of carbonyl (C=O) groups is 1. The molecule has 0 fully saturated rings. The molecule has 0 aliphatic rings. The van der Waals surface area contributed by atoms with E-state index >= 15 is 0 Å². The Morgan fingerprint density at radius 1 is 1.00 bits per heavy atom. The Morgan fingerprint density at radius 2 is 1.26 bits per heavy atom. The molecule has 1 N–H and O–H groups in total. The molecule has 0 amide bonds. The van der Waals surface area contributed by atoms with Crippen LogP contribution in [0.5, 0.6) is 0 Å². The third-order valence-electron chi connectivity index (χ3n) is 3.26. The van der Waals surface area contributed by atoms with Crippen molar-refractivity contribution >= 4 is 15.4 Å². The van der Waals surface area contributed by atoms with Crippen LogP contribution in [0.4, 0.5) is 4.79 Å². The van der Waals surface area contributed by atoms with Gasteiger partial charge in [0.25, 0.3) is 0 Å². The number of carboxylic acid groups (broad SMARTS) is 1. The summed E-state index contributed by atoms with van der Waals surface area (Å²) < 4.78 is 3.67. The van der Waals surface area contributed by atoms with E-state index < -0.39 is 6.16 Å². The van der Waals surface area contributed by atoms with Crippen molar-refractivity contribution in [1.29, 1.82) is 0 Å². The van der Waals surface area contributed by atoms with Gasteiger partial charge in [0.15, 0.2) is 0 Å². The highest BCUT2D eigenvalue weighted by atomic mass is 31.0. The SMILES string of the molecule is CCCCC(P)(CCCC)CCCC.COC(=O)O. The molecule has 0 aliphatic carbocycles. The molecule has 0 rings (SSSR count). The van der Waals surface area contributed by atoms with Gasteiger partial charge in [-0.05, 0) is 24.4 Å². The zero-order valence-corrected chi connectivity index (χ0v) is 14.4. The Kier molecular flexibility index (Phi) is 15.6. The molecule has 0 aromatic heterocycles. The van der Waals surface area contributed by atoms with Gasteiger partial charge in [0.05, 0.1) is 7.11 Å². The average molecular weight is 292 g/mol. The number of hydrogen-bond acceptors (Lipinski definition) is 2. The van der Waals surface area contributed by atoms with Crippen molar-refractivity contribution in [1.82, 2.24) is 0 Å². The molecule has 1 atom stereocenters. The predicted octanol–water partition coefficient (Wildman–Crippen LogP) is 5.48. The van der Waals surface area contributed by atoms with Crippen molar-refractivity contribution in [2.75, 3.05) is 7.11 Å². The van der Waals surface area contributed by atoms with Crippen molar-refractivity contribution in [3.05, 3.63) is 0 Å². The number of ether oxygens (including phenoxy) is 1. The Morgan fingerprint density at radius 3 is 1.42 bits per heavy atom. The second-order valence-electron chi connectivity index (χ2n) is 5.14. The van der Waals surface area contributed by atoms with Crippen molar-refractivity contribution < 1.29 is 14.6 Å². The summed E-state index contributed by atoms with van der Waals surface area (Å²) in [5, 5.41) is 8.07. The monoisotopic (exact) mass is 292 g/mol. The Balaban J connectivity index is 0. The lowest BCUT2D eigenvalue weighted by Gasteiger charge is -2.29. The van der Waals surface area contributed by atoms with E-state index in [1.54, 1.807) is 0 Å². The normalized spacial score (nSPS) is 10.6. The first-order valence-electron chi connectivity index (χ1n) is 7.51. The van der Waals surface area contributed by atoms with Gasteiger partial charge in [-0.2, -0.15) is 0 Å². The van der Waals surface area contributed by atoms with Gasteiger partial charge in [0.2, 0.25) is 0 Å². The molecule has 116 valence electrons. The summed E-state index contributed by atoms with van der Waals surface area (Å²) in [6.45, 7) is 6.89. The Bertz CT molecular complexity index is 186. The molecule has 0 saturated carbocycles. The van der Waals surface area contributed by atoms with Gasteiger partial charge in [0.1, 0.15) is 0 Å². The highest BCUT2D eigenvalue weighted by Crippen LogP contribution is 2.36. The molecule has 0 radical (unpaired) electrons. The molecule has 0 saturated heterocycles. The average Bonchev–Trinajstić information content (AvgIpc) is 2.41. The molecule has 19 heavy (non-hydrogen) atoms. The standard InChI is InChI=1S/C13H29P.C2H4O3/c1-4-7-10-13(14,11-8-5-2)12-9-6-3;1-5-2(3)4/h4-12,14H2,1-3H3;1H3,(H,3,4). The van der Waals surface area contributed by atoms with E-state index in [0.717, 1.165) is 7.11 Å². The number of unbranched alkanes of at least 4 members (excludes halogenated alkanes) is 3. The lowest BCUT2D eigenvalue weighted by atomic mass is 9.90. The fourth-order valence-electron chi connectivity index (χ4n) is 1.96. The third kappa shape index (κ3) is 15.6. The van der Waals surface area contributed by atoms with Crippen LogP contribution in [0.1, 0.15) is 78.6 Å². The summed E-state index contributed by atoms with van der Waals surface area (Å²) >= 11 is 0. The zero-order chi connectivity index (χ0) is 15.1. The molecule has 0 aliphatic heterocycles. The van der Waals surface area contributed by atoms with Crippen molar-refractivity contribution in [3.8, 4) is 0 Å². The Hall–Kier alpha value is -0.300. The summed E-state index contributed by atoms with van der Waals surface area (Å²) in [5.74, 6) is 0. The van der Waals surface area contributed by atoms with Gasteiger partial charge < -0.3 is 9.84 Å². The van der Waals surface area contributed by atoms with Crippen LogP contribution in [0.3, 0.4) is 0 Å². The quantitative estimate of drug-likeness (QED) is 0.452. The molecule has 0 aromatic carbocycles. The van der Waals surface area contributed by atoms with E-state index in [4.69, 9.17) is 9.90 Å². The highest BCUT2D eigenvalue weighted by molar-refractivity contribution is 7.19. The molecule has 0 bridgehead atoms. The lowest BCUT2D eigenvalue weighted by Crippen LogP contribution is -2.20. The molecular weight excluding hydrogens is 259 g/mol. The molecule has 0 aromatic rings. The Labute approximate surface area is 121 Å². The van der Waals surface area contributed by atoms with Crippen LogP contribution >= 0.6 is 9.24 Å². The van der Waals surface area contributed by atoms with Gasteiger partial charge in [-0.15, -0.1) is 9.24 Å². The fourth-order valence-corrected chi connectivity index (χ4v) is 2.57. The third-order valence-corrected chi connectivity index (χ3v) is 4.13. The van der Waals surface area contributed by atoms with E-state index in [1.165, 1.54) is 57.8 Å². The van der Waals surface area contributed by atoms with E-state index in [2.05, 4.69) is 34.7 Å². The summed E-state index contributed by atoms with van der Waals surface area (Å²) in [6.07, 6.45) is 11.2. The van der Waals surface area contributed by atoms with Crippen LogP contribution in [-0.2, 0) is 4.74 Å². The van der Waals surface area contributed by atoms with Crippen LogP contribution in [-0.4, -0.2) is 23.5 Å². The first kappa shape index (κ1) is 21.0. The minimum absolute atomic E-state index is 0.571. The van der Waals surface area contributed by atoms with Gasteiger partial charge >= 0.3 is 6.16 Å². The van der Waals surface area contributed by atoms with Crippen molar-refractivity contribution in [2.45, 2.75) is 83.7 Å². The lowest BCUT2D eigenvalue weighted by molar-refractivity contribution is 0.114. The maximum Gasteiger partial charge on any atom is 0.505 e. The zero-order valence-electron chi connectivity index (χ0n) is 13.2. The second-order valence-corrected chi connectivity index (χ2v) is 6.37. The summed E-state index contributed by atoms with van der Waals surface area (Å²) in [5.41, 5.74) is 0. The van der Waals surface area contributed by atoms with Crippen molar-refractivity contribution in [2.24, 2.45) is 0 Å². The molecular formula is C15H33O3P. The maximum atomic E-state index is 9.15. The molecule has 4 heteroatoms. The van der Waals surface area contributed by atoms with Gasteiger partial charge in [0, 0.05) is 0 Å². The van der Waals surface area contributed by atoms with Crippen molar-refractivity contribution in [3.63, 3.8) is 0 Å². The smallest absolute Gasteiger partial charge is 0.450 e. The summed E-state index contributed by atoms with van der Waals surface area (Å²) in [6, 6.07) is 0. The molecule has 0 spiro atoms. The second kappa shape index (κ2) is 14.1. The topological polar surface area (TPSA) is 46.5 Å². The molecule has 1 unspecified atom stereocenters. The first-order chi connectivity index (χ1) is 8.95. The van der Waals surface area contributed by atoms with Gasteiger partial charge in [-0.1, -0.05) is 59.3 Å². The number of methoxy groups -OCH3 is 1. The van der Waals surface area contributed by atoms with E-state index in [9.17, 15) is 0 Å². The first-order valence-corrected chi connectivity index (χ1v) is 8.09. The minimum Gasteiger partial charge on any atom is -0.450 e. The van der Waals surface area contributed by atoms with E-state index in [0.29, 0.717) is 5.16 Å². The molecule has 3 nitrogen and oxygen atoms in total. The maximum absolute atomic E-state index is 9.15. The summed E-state index contributed by atoms with van der Waals surface area (Å²) in [7, 11) is 4.27. The minimum atomic E-state index is -1.25. The number of rotatable bonds is 9. The van der Waals surface area contributed by atoms with Crippen LogP contribution in [0.15, 0.2) is 0 Å².